The number of sulfonamides is 1. The van der Waals surface area contributed by atoms with E-state index in [1.807, 2.05) is 11.3 Å². The molecule has 6 heteroatoms. The van der Waals surface area contributed by atoms with Gasteiger partial charge in [-0.2, -0.15) is 0 Å². The van der Waals surface area contributed by atoms with Gasteiger partial charge in [0.25, 0.3) is 0 Å². The summed E-state index contributed by atoms with van der Waals surface area (Å²) in [4.78, 5) is 6.34. The van der Waals surface area contributed by atoms with Crippen molar-refractivity contribution < 1.29 is 8.42 Å². The lowest BCUT2D eigenvalue weighted by Gasteiger charge is -2.33. The first-order chi connectivity index (χ1) is 11.1. The number of hydrogen-bond acceptors (Lipinski definition) is 4. The fourth-order valence-electron chi connectivity index (χ4n) is 4.01. The molecule has 1 saturated carbocycles. The summed E-state index contributed by atoms with van der Waals surface area (Å²) in [5.74, 6) is 1.09. The predicted molar refractivity (Wildman–Crippen MR) is 93.4 cm³/mol. The Kier molecular flexibility index (Phi) is 4.50. The van der Waals surface area contributed by atoms with E-state index in [4.69, 9.17) is 4.98 Å². The third-order valence-electron chi connectivity index (χ3n) is 5.66. The Hall–Kier alpha value is -0.460. The molecule has 1 aromatic rings. The van der Waals surface area contributed by atoms with Crippen molar-refractivity contribution in [2.45, 2.75) is 63.7 Å². The zero-order valence-corrected chi connectivity index (χ0v) is 15.3. The van der Waals surface area contributed by atoms with Gasteiger partial charge in [-0.3, -0.25) is 0 Å². The summed E-state index contributed by atoms with van der Waals surface area (Å²) in [6.45, 7) is 1.36. The van der Waals surface area contributed by atoms with Gasteiger partial charge in [-0.15, -0.1) is 11.3 Å². The molecule has 0 spiro atoms. The summed E-state index contributed by atoms with van der Waals surface area (Å²) < 4.78 is 27.1. The Labute approximate surface area is 143 Å². The Bertz CT molecular complexity index is 641. The molecule has 0 radical (unpaired) electrons. The van der Waals surface area contributed by atoms with Crippen LogP contribution in [-0.2, 0) is 22.9 Å². The van der Waals surface area contributed by atoms with Crippen LogP contribution >= 0.6 is 11.3 Å². The lowest BCUT2D eigenvalue weighted by molar-refractivity contribution is 0.300. The summed E-state index contributed by atoms with van der Waals surface area (Å²) in [5, 5.41) is 1.19. The SMILES string of the molecule is O=S(=O)(CC1CCC1)N1CCCC(c2nc3c(s2)CCCC3)C1. The highest BCUT2D eigenvalue weighted by atomic mass is 32.2. The first-order valence-electron chi connectivity index (χ1n) is 9.08. The zero-order valence-electron chi connectivity index (χ0n) is 13.7. The second-order valence-corrected chi connectivity index (χ2v) is 10.5. The zero-order chi connectivity index (χ0) is 15.9. The lowest BCUT2D eigenvalue weighted by atomic mass is 9.87. The van der Waals surface area contributed by atoms with Gasteiger partial charge in [-0.1, -0.05) is 6.42 Å². The van der Waals surface area contributed by atoms with E-state index in [-0.39, 0.29) is 0 Å². The average molecular weight is 355 g/mol. The topological polar surface area (TPSA) is 50.3 Å². The molecule has 1 unspecified atom stereocenters. The normalized spacial score (nSPS) is 26.7. The van der Waals surface area contributed by atoms with Gasteiger partial charge in [0, 0.05) is 23.9 Å². The summed E-state index contributed by atoms with van der Waals surface area (Å²) in [5.41, 5.74) is 1.30. The van der Waals surface area contributed by atoms with E-state index in [1.165, 1.54) is 41.3 Å². The number of rotatable bonds is 4. The van der Waals surface area contributed by atoms with E-state index >= 15 is 0 Å². The molecule has 2 aliphatic carbocycles. The maximum Gasteiger partial charge on any atom is 0.214 e. The van der Waals surface area contributed by atoms with Crippen molar-refractivity contribution in [3.05, 3.63) is 15.6 Å². The molecule has 1 aliphatic heterocycles. The number of nitrogens with zero attached hydrogens (tertiary/aromatic N) is 2. The monoisotopic (exact) mass is 354 g/mol. The average Bonchev–Trinajstić information content (AvgIpc) is 2.95. The summed E-state index contributed by atoms with van der Waals surface area (Å²) >= 11 is 1.85. The summed E-state index contributed by atoms with van der Waals surface area (Å²) in [7, 11) is -3.08. The van der Waals surface area contributed by atoms with Crippen molar-refractivity contribution in [3.63, 3.8) is 0 Å². The molecule has 0 bridgehead atoms. The molecule has 2 fully saturated rings. The fourth-order valence-corrected chi connectivity index (χ4v) is 7.24. The molecular formula is C17H26N2O2S2. The molecule has 1 saturated heterocycles. The lowest BCUT2D eigenvalue weighted by Crippen LogP contribution is -2.42. The molecule has 4 nitrogen and oxygen atoms in total. The van der Waals surface area contributed by atoms with Crippen molar-refractivity contribution >= 4 is 21.4 Å². The summed E-state index contributed by atoms with van der Waals surface area (Å²) in [6.07, 6.45) is 10.3. The second kappa shape index (κ2) is 6.45. The molecule has 3 aliphatic rings. The summed E-state index contributed by atoms with van der Waals surface area (Å²) in [6, 6.07) is 0. The third kappa shape index (κ3) is 3.35. The molecule has 2 heterocycles. The first kappa shape index (κ1) is 16.0. The van der Waals surface area contributed by atoms with Crippen LogP contribution in [0.4, 0.5) is 0 Å². The molecule has 0 amide bonds. The second-order valence-electron chi connectivity index (χ2n) is 7.40. The Morgan fingerprint density at radius 1 is 1.09 bits per heavy atom. The number of thiazole rings is 1. The highest BCUT2D eigenvalue weighted by Crippen LogP contribution is 2.36. The maximum atomic E-state index is 12.7. The number of hydrogen-bond donors (Lipinski definition) is 0. The van der Waals surface area contributed by atoms with Crippen LogP contribution in [0.2, 0.25) is 0 Å². The van der Waals surface area contributed by atoms with Crippen LogP contribution in [-0.4, -0.2) is 36.5 Å². The van der Waals surface area contributed by atoms with Crippen LogP contribution in [0.5, 0.6) is 0 Å². The Balaban J connectivity index is 1.47. The van der Waals surface area contributed by atoms with Crippen molar-refractivity contribution in [1.82, 2.24) is 9.29 Å². The third-order valence-corrected chi connectivity index (χ3v) is 8.99. The molecule has 0 N–H and O–H groups in total. The van der Waals surface area contributed by atoms with Crippen molar-refractivity contribution in [3.8, 4) is 0 Å². The number of aryl methyl sites for hydroxylation is 2. The molecule has 4 rings (SSSR count). The fraction of sp³-hybridized carbons (Fsp3) is 0.824. The van der Waals surface area contributed by atoms with Gasteiger partial charge in [0.15, 0.2) is 0 Å². The number of aromatic nitrogens is 1. The largest absolute Gasteiger partial charge is 0.246 e. The number of fused-ring (bicyclic) bond motifs is 1. The highest BCUT2D eigenvalue weighted by molar-refractivity contribution is 7.89. The van der Waals surface area contributed by atoms with Gasteiger partial charge in [-0.05, 0) is 57.3 Å². The smallest absolute Gasteiger partial charge is 0.214 e. The van der Waals surface area contributed by atoms with Crippen LogP contribution in [0.1, 0.15) is 66.4 Å². The van der Waals surface area contributed by atoms with Crippen molar-refractivity contribution in [1.29, 1.82) is 0 Å². The minimum Gasteiger partial charge on any atom is -0.246 e. The van der Waals surface area contributed by atoms with Gasteiger partial charge < -0.3 is 0 Å². The van der Waals surface area contributed by atoms with E-state index in [1.54, 1.807) is 4.31 Å². The van der Waals surface area contributed by atoms with Gasteiger partial charge in [0.2, 0.25) is 10.0 Å². The van der Waals surface area contributed by atoms with E-state index in [2.05, 4.69) is 0 Å². The Morgan fingerprint density at radius 2 is 1.91 bits per heavy atom. The predicted octanol–water partition coefficient (Wildman–Crippen LogP) is 3.33. The van der Waals surface area contributed by atoms with Crippen LogP contribution in [0.15, 0.2) is 0 Å². The first-order valence-corrected chi connectivity index (χ1v) is 11.5. The van der Waals surface area contributed by atoms with E-state index in [0.717, 1.165) is 32.1 Å². The van der Waals surface area contributed by atoms with Gasteiger partial charge >= 0.3 is 0 Å². The van der Waals surface area contributed by atoms with Crippen LogP contribution in [0, 0.1) is 5.92 Å². The van der Waals surface area contributed by atoms with Crippen LogP contribution in [0.25, 0.3) is 0 Å². The molecule has 128 valence electrons. The van der Waals surface area contributed by atoms with E-state index in [9.17, 15) is 8.42 Å². The van der Waals surface area contributed by atoms with Crippen molar-refractivity contribution in [2.24, 2.45) is 5.92 Å². The van der Waals surface area contributed by atoms with Crippen molar-refractivity contribution in [2.75, 3.05) is 18.8 Å². The minimum atomic E-state index is -3.08. The minimum absolute atomic E-state index is 0.315. The quantitative estimate of drug-likeness (QED) is 0.833. The molecule has 23 heavy (non-hydrogen) atoms. The maximum absolute atomic E-state index is 12.7. The number of piperidine rings is 1. The van der Waals surface area contributed by atoms with Crippen LogP contribution in [0.3, 0.4) is 0 Å². The van der Waals surface area contributed by atoms with Gasteiger partial charge in [0.05, 0.1) is 16.5 Å². The molecule has 1 aromatic heterocycles. The molecule has 0 aromatic carbocycles. The standard InChI is InChI=1S/C17H26N2O2S2/c20-23(21,12-13-5-3-6-13)19-10-4-7-14(11-19)17-18-15-8-1-2-9-16(15)22-17/h13-14H,1-12H2. The Morgan fingerprint density at radius 3 is 2.65 bits per heavy atom. The highest BCUT2D eigenvalue weighted by Gasteiger charge is 2.34. The molecule has 1 atom stereocenters. The van der Waals surface area contributed by atoms with E-state index in [0.29, 0.717) is 30.7 Å². The molecular weight excluding hydrogens is 328 g/mol. The van der Waals surface area contributed by atoms with Gasteiger partial charge in [-0.25, -0.2) is 17.7 Å². The van der Waals surface area contributed by atoms with Crippen LogP contribution < -0.4 is 0 Å². The van der Waals surface area contributed by atoms with Gasteiger partial charge in [0.1, 0.15) is 0 Å². The van der Waals surface area contributed by atoms with E-state index < -0.39 is 10.0 Å².